The van der Waals surface area contributed by atoms with Crippen molar-refractivity contribution >= 4 is 23.9 Å². The monoisotopic (exact) mass is 383 g/mol. The number of hydrogen-bond acceptors (Lipinski definition) is 5. The van der Waals surface area contributed by atoms with Gasteiger partial charge in [-0.25, -0.2) is 4.98 Å². The van der Waals surface area contributed by atoms with Crippen LogP contribution in [0.5, 0.6) is 5.75 Å². The number of nitrogens with one attached hydrogen (secondary N) is 3. The lowest BCUT2D eigenvalue weighted by Gasteiger charge is -2.20. The molecule has 0 spiro atoms. The van der Waals surface area contributed by atoms with Crippen LogP contribution in [0.4, 0.5) is 5.82 Å². The van der Waals surface area contributed by atoms with E-state index in [0.717, 1.165) is 24.7 Å². The summed E-state index contributed by atoms with van der Waals surface area (Å²) in [4.78, 5) is 18.6. The van der Waals surface area contributed by atoms with Gasteiger partial charge in [-0.2, -0.15) is 0 Å². The molecule has 1 aromatic heterocycles. The summed E-state index contributed by atoms with van der Waals surface area (Å²) >= 11 is 0. The number of pyridine rings is 1. The Morgan fingerprint density at radius 1 is 1.25 bits per heavy atom. The molecule has 7 heteroatoms. The summed E-state index contributed by atoms with van der Waals surface area (Å²) in [5.41, 5.74) is 1.84. The number of fused-ring (bicyclic) bond motifs is 3. The fraction of sp³-hybridized carbons (Fsp3) is 0.333. The van der Waals surface area contributed by atoms with E-state index in [4.69, 9.17) is 15.6 Å². The van der Waals surface area contributed by atoms with E-state index in [1.54, 1.807) is 30.3 Å². The van der Waals surface area contributed by atoms with Crippen molar-refractivity contribution in [3.05, 3.63) is 53.2 Å². The number of benzene rings is 1. The van der Waals surface area contributed by atoms with E-state index in [1.807, 2.05) is 26.8 Å². The minimum Gasteiger partial charge on any atom is -0.493 e. The van der Waals surface area contributed by atoms with Crippen LogP contribution < -0.4 is 10.1 Å². The van der Waals surface area contributed by atoms with Crippen LogP contribution in [0.15, 0.2) is 36.4 Å². The number of amidine groups is 1. The summed E-state index contributed by atoms with van der Waals surface area (Å²) < 4.78 is 5.80. The molecule has 0 saturated carbocycles. The highest BCUT2D eigenvalue weighted by atomic mass is 16.5. The molecule has 1 amide bonds. The number of carbonyl (C=O) groups is 1. The van der Waals surface area contributed by atoms with Crippen LogP contribution in [0.1, 0.15) is 49.7 Å². The van der Waals surface area contributed by atoms with Gasteiger partial charge >= 0.3 is 0 Å². The number of hydrogen-bond donors (Lipinski definition) is 3. The van der Waals surface area contributed by atoms with Crippen molar-refractivity contribution in [1.82, 2.24) is 9.88 Å². The molecule has 150 valence electrons. The number of aryl methyl sites for hydroxylation is 1. The van der Waals surface area contributed by atoms with Crippen LogP contribution in [0.2, 0.25) is 0 Å². The van der Waals surface area contributed by atoms with Crippen molar-refractivity contribution in [2.24, 2.45) is 0 Å². The number of nitrogens with zero attached hydrogens (tertiary/aromatic N) is 2. The summed E-state index contributed by atoms with van der Waals surface area (Å²) in [6.07, 6.45) is 2.63. The molecule has 0 unspecified atom stereocenters. The van der Waals surface area contributed by atoms with Gasteiger partial charge in [-0.05, 0) is 44.0 Å². The maximum Gasteiger partial charge on any atom is 0.260 e. The smallest absolute Gasteiger partial charge is 0.260 e. The number of anilines is 1. The molecule has 0 aliphatic carbocycles. The maximum atomic E-state index is 12.7. The Hall–Kier alpha value is -3.22. The first-order valence-corrected chi connectivity index (χ1v) is 9.46. The predicted molar refractivity (Wildman–Crippen MR) is 114 cm³/mol. The first-order chi connectivity index (χ1) is 13.6. The molecule has 2 heterocycles. The topological polar surface area (TPSA) is 102 Å². The highest BCUT2D eigenvalue weighted by molar-refractivity contribution is 6.06. The van der Waals surface area contributed by atoms with Crippen molar-refractivity contribution in [2.45, 2.75) is 33.6 Å². The molecular formula is C21H29N5O2. The third-order valence-corrected chi connectivity index (χ3v) is 4.11. The lowest BCUT2D eigenvalue weighted by Crippen LogP contribution is -2.31. The van der Waals surface area contributed by atoms with Gasteiger partial charge < -0.3 is 15.0 Å². The fourth-order valence-corrected chi connectivity index (χ4v) is 2.72. The van der Waals surface area contributed by atoms with E-state index in [-0.39, 0.29) is 13.2 Å². The summed E-state index contributed by atoms with van der Waals surface area (Å²) in [6.45, 7) is 6.92. The first-order valence-electron chi connectivity index (χ1n) is 9.46. The quantitative estimate of drug-likeness (QED) is 0.504. The van der Waals surface area contributed by atoms with E-state index in [1.165, 1.54) is 4.90 Å². The second-order valence-corrected chi connectivity index (χ2v) is 6.09. The lowest BCUT2D eigenvalue weighted by molar-refractivity contribution is 0.102. The van der Waals surface area contributed by atoms with E-state index in [0.29, 0.717) is 36.0 Å². The molecule has 1 aliphatic heterocycles. The standard InChI is InChI=1S/C19H21N5O2.C2H6.H2/c1-13-7-8-16-14(11-13)19(25)23-17-6-4-5-15(22-17)18(21)24(12-20)9-2-3-10-26-16;1-2;/h4-8,11-12,20-21H,2-3,9-10H2,1H3,(H,22,23,25);1-2H3;1H. The van der Waals surface area contributed by atoms with Gasteiger partial charge in [0.2, 0.25) is 0 Å². The number of carbonyl (C=O) groups excluding carboxylic acids is 1. The van der Waals surface area contributed by atoms with Crippen molar-refractivity contribution in [2.75, 3.05) is 18.5 Å². The van der Waals surface area contributed by atoms with Crippen LogP contribution in [0.3, 0.4) is 0 Å². The second-order valence-electron chi connectivity index (χ2n) is 6.09. The normalized spacial score (nSPS) is 14.5. The first kappa shape index (κ1) is 21.1. The predicted octanol–water partition coefficient (Wildman–Crippen LogP) is 4.32. The van der Waals surface area contributed by atoms with Crippen LogP contribution in [0.25, 0.3) is 0 Å². The number of amides is 1. The summed E-state index contributed by atoms with van der Waals surface area (Å²) in [5, 5.41) is 18.6. The molecule has 0 atom stereocenters. The molecule has 3 N–H and O–H groups in total. The van der Waals surface area contributed by atoms with Crippen molar-refractivity contribution in [3.8, 4) is 5.75 Å². The molecule has 2 aromatic rings. The molecule has 0 saturated heterocycles. The highest BCUT2D eigenvalue weighted by Gasteiger charge is 2.17. The van der Waals surface area contributed by atoms with Gasteiger partial charge in [-0.1, -0.05) is 31.5 Å². The zero-order chi connectivity index (χ0) is 20.5. The van der Waals surface area contributed by atoms with Gasteiger partial charge in [-0.15, -0.1) is 0 Å². The van der Waals surface area contributed by atoms with Gasteiger partial charge in [0.15, 0.2) is 5.84 Å². The van der Waals surface area contributed by atoms with Crippen LogP contribution in [-0.4, -0.2) is 41.1 Å². The molecule has 0 radical (unpaired) electrons. The molecule has 7 nitrogen and oxygen atoms in total. The largest absolute Gasteiger partial charge is 0.493 e. The van der Waals surface area contributed by atoms with Gasteiger partial charge in [0.1, 0.15) is 17.3 Å². The second kappa shape index (κ2) is 10.2. The third-order valence-electron chi connectivity index (χ3n) is 4.11. The number of rotatable bonds is 1. The van der Waals surface area contributed by atoms with E-state index < -0.39 is 0 Å². The van der Waals surface area contributed by atoms with Crippen LogP contribution >= 0.6 is 0 Å². The lowest BCUT2D eigenvalue weighted by atomic mass is 10.1. The minimum atomic E-state index is -0.305. The van der Waals surface area contributed by atoms with Gasteiger partial charge in [0.25, 0.3) is 5.91 Å². The molecule has 2 bridgehead atoms. The molecular weight excluding hydrogens is 354 g/mol. The molecule has 0 fully saturated rings. The zero-order valence-electron chi connectivity index (χ0n) is 16.6. The molecule has 1 aromatic carbocycles. The van der Waals surface area contributed by atoms with E-state index >= 15 is 0 Å². The Morgan fingerprint density at radius 2 is 2.04 bits per heavy atom. The molecule has 1 aliphatic rings. The Labute approximate surface area is 167 Å². The maximum absolute atomic E-state index is 12.7. The van der Waals surface area contributed by atoms with Gasteiger partial charge in [-0.3, -0.25) is 15.6 Å². The number of aromatic nitrogens is 1. The minimum absolute atomic E-state index is 0. The van der Waals surface area contributed by atoms with Crippen LogP contribution in [0, 0.1) is 17.7 Å². The average Bonchev–Trinajstić information content (AvgIpc) is 2.72. The van der Waals surface area contributed by atoms with Crippen LogP contribution in [-0.2, 0) is 0 Å². The molecule has 28 heavy (non-hydrogen) atoms. The van der Waals surface area contributed by atoms with Gasteiger partial charge in [0, 0.05) is 7.97 Å². The third kappa shape index (κ3) is 5.16. The summed E-state index contributed by atoms with van der Waals surface area (Å²) in [7, 11) is 0. The summed E-state index contributed by atoms with van der Waals surface area (Å²) in [6, 6.07) is 10.6. The van der Waals surface area contributed by atoms with E-state index in [9.17, 15) is 4.79 Å². The zero-order valence-corrected chi connectivity index (χ0v) is 16.6. The Morgan fingerprint density at radius 3 is 2.79 bits per heavy atom. The fourth-order valence-electron chi connectivity index (χ4n) is 2.72. The van der Waals surface area contributed by atoms with Gasteiger partial charge in [0.05, 0.1) is 18.5 Å². The average molecular weight is 383 g/mol. The molecule has 3 rings (SSSR count). The highest BCUT2D eigenvalue weighted by Crippen LogP contribution is 2.22. The summed E-state index contributed by atoms with van der Waals surface area (Å²) in [5.74, 6) is 0.718. The number of ether oxygens (including phenoxy) is 1. The van der Waals surface area contributed by atoms with Crippen molar-refractivity contribution in [3.63, 3.8) is 0 Å². The Bertz CT molecular complexity index is 857. The SMILES string of the molecule is CC.Cc1ccc2c(c1)C(=O)Nc1cccc(n1)C(=N)N(C=N)CCCCO2.[HH]. The Balaban J connectivity index is 0.00000136. The van der Waals surface area contributed by atoms with Crippen molar-refractivity contribution < 1.29 is 11.0 Å². The Kier molecular flexibility index (Phi) is 7.68. The van der Waals surface area contributed by atoms with E-state index in [2.05, 4.69) is 10.3 Å². The van der Waals surface area contributed by atoms with Crippen molar-refractivity contribution in [1.29, 1.82) is 10.8 Å².